The Hall–Kier alpha value is -7.36. The van der Waals surface area contributed by atoms with Crippen molar-refractivity contribution in [1.29, 1.82) is 0 Å². The molecule has 0 bridgehead atoms. The first-order valence-corrected chi connectivity index (χ1v) is 24.7. The van der Waals surface area contributed by atoms with Gasteiger partial charge in [0.15, 0.2) is 0 Å². The van der Waals surface area contributed by atoms with Crippen LogP contribution in [0.5, 0.6) is 0 Å². The summed E-state index contributed by atoms with van der Waals surface area (Å²) >= 11 is 0. The van der Waals surface area contributed by atoms with E-state index in [1.807, 2.05) is 0 Å². The Morgan fingerprint density at radius 1 is 0.456 bits per heavy atom. The molecule has 2 aromatic heterocycles. The lowest BCUT2D eigenvalue weighted by Gasteiger charge is -2.44. The van der Waals surface area contributed by atoms with Crippen molar-refractivity contribution in [3.63, 3.8) is 0 Å². The molecule has 4 aliphatic rings. The molecular weight excluding hydrogens is 820 g/mol. The molecular formula is C65H51BN2. The van der Waals surface area contributed by atoms with Crippen molar-refractivity contribution in [2.24, 2.45) is 10.8 Å². The molecule has 1 aliphatic carbocycles. The van der Waals surface area contributed by atoms with E-state index in [2.05, 4.69) is 227 Å². The highest BCUT2D eigenvalue weighted by Gasteiger charge is 2.54. The third-order valence-electron chi connectivity index (χ3n) is 16.0. The predicted molar refractivity (Wildman–Crippen MR) is 288 cm³/mol. The number of nitrogens with zero attached hydrogens (tertiary/aromatic N) is 2. The summed E-state index contributed by atoms with van der Waals surface area (Å²) < 4.78 is 5.48. The summed E-state index contributed by atoms with van der Waals surface area (Å²) in [6.07, 6.45) is 1.99. The second-order valence-electron chi connectivity index (χ2n) is 22.8. The molecule has 9 aromatic carbocycles. The smallest absolute Gasteiger partial charge is 0.252 e. The first-order valence-electron chi connectivity index (χ1n) is 24.7. The van der Waals surface area contributed by atoms with Gasteiger partial charge in [-0.15, -0.1) is 0 Å². The lowest BCUT2D eigenvalue weighted by atomic mass is 9.33. The van der Waals surface area contributed by atoms with Crippen LogP contribution in [0.25, 0.3) is 88.4 Å². The number of hydrogen-bond acceptors (Lipinski definition) is 0. The summed E-state index contributed by atoms with van der Waals surface area (Å²) in [5.74, 6) is 0. The third kappa shape index (κ3) is 4.84. The molecule has 1 spiro atoms. The van der Waals surface area contributed by atoms with Crippen LogP contribution in [0.15, 0.2) is 176 Å². The van der Waals surface area contributed by atoms with Crippen molar-refractivity contribution in [2.45, 2.75) is 59.8 Å². The fourth-order valence-corrected chi connectivity index (χ4v) is 14.1. The van der Waals surface area contributed by atoms with Gasteiger partial charge in [-0.1, -0.05) is 199 Å². The van der Waals surface area contributed by atoms with Crippen molar-refractivity contribution in [3.05, 3.63) is 209 Å². The first-order chi connectivity index (χ1) is 33.0. The van der Waals surface area contributed by atoms with Crippen molar-refractivity contribution in [1.82, 2.24) is 9.13 Å². The molecule has 0 radical (unpaired) electrons. The van der Waals surface area contributed by atoms with Crippen molar-refractivity contribution < 1.29 is 0 Å². The van der Waals surface area contributed by atoms with Gasteiger partial charge in [-0.2, -0.15) is 0 Å². The van der Waals surface area contributed by atoms with Crippen LogP contribution in [0, 0.1) is 10.8 Å². The lowest BCUT2D eigenvalue weighted by molar-refractivity contribution is 0.411. The third-order valence-corrected chi connectivity index (χ3v) is 16.0. The Bertz CT molecular complexity index is 3990. The average Bonchev–Trinajstić information content (AvgIpc) is 3.96. The van der Waals surface area contributed by atoms with Crippen LogP contribution >= 0.6 is 0 Å². The maximum Gasteiger partial charge on any atom is 0.252 e. The molecule has 324 valence electrons. The van der Waals surface area contributed by atoms with E-state index < -0.39 is 5.41 Å². The molecule has 15 rings (SSSR count). The average molecular weight is 871 g/mol. The van der Waals surface area contributed by atoms with Gasteiger partial charge >= 0.3 is 0 Å². The fourth-order valence-electron chi connectivity index (χ4n) is 14.1. The molecule has 2 nitrogen and oxygen atoms in total. The normalized spacial score (nSPS) is 14.5. The molecule has 0 fully saturated rings. The van der Waals surface area contributed by atoms with Gasteiger partial charge in [-0.05, 0) is 125 Å². The van der Waals surface area contributed by atoms with E-state index in [9.17, 15) is 0 Å². The predicted octanol–water partition coefficient (Wildman–Crippen LogP) is 14.2. The second kappa shape index (κ2) is 13.0. The molecule has 0 saturated carbocycles. The number of benzene rings is 9. The minimum Gasteiger partial charge on any atom is -0.310 e. The minimum absolute atomic E-state index is 0.000435. The van der Waals surface area contributed by atoms with E-state index in [4.69, 9.17) is 0 Å². The maximum absolute atomic E-state index is 2.78. The van der Waals surface area contributed by atoms with Gasteiger partial charge in [0.05, 0.1) is 22.1 Å². The standard InChI is InChI=1S/C65H51BN2/c1-63(2,3)36-38-31-46-47-32-39(37-64(4,5)6)34-52-60(47)68-59(46)51(33-38)65(48-27-17-15-25-44(48)45-26-16-18-28-49(45)65)50-29-30-54-57(61(50)68)66(52)53-35-42-23-13-14-24-43(42)56-55(40-19-9-7-10-20-40)58(67(54)62(53)56)41-21-11-8-12-22-41/h7-35H,36-37H2,1-6H3. The summed E-state index contributed by atoms with van der Waals surface area (Å²) in [6, 6.07) is 68.4. The van der Waals surface area contributed by atoms with Gasteiger partial charge in [-0.3, -0.25) is 0 Å². The van der Waals surface area contributed by atoms with Crippen LogP contribution in [0.2, 0.25) is 0 Å². The fraction of sp³-hybridized carbons (Fsp3) is 0.169. The molecule has 0 saturated heterocycles. The van der Waals surface area contributed by atoms with E-state index in [1.54, 1.807) is 0 Å². The van der Waals surface area contributed by atoms with E-state index in [-0.39, 0.29) is 17.5 Å². The summed E-state index contributed by atoms with van der Waals surface area (Å²) in [5.41, 5.74) is 26.8. The lowest BCUT2D eigenvalue weighted by Crippen LogP contribution is -2.60. The Balaban J connectivity index is 1.21. The molecule has 68 heavy (non-hydrogen) atoms. The van der Waals surface area contributed by atoms with Crippen molar-refractivity contribution >= 4 is 66.6 Å². The molecule has 0 amide bonds. The van der Waals surface area contributed by atoms with Gasteiger partial charge < -0.3 is 9.13 Å². The van der Waals surface area contributed by atoms with E-state index in [1.165, 1.54) is 138 Å². The van der Waals surface area contributed by atoms with Crippen LogP contribution in [0.1, 0.15) is 74.9 Å². The molecule has 3 heteroatoms. The number of hydrogen-bond donors (Lipinski definition) is 0. The first kappa shape index (κ1) is 38.7. The second-order valence-corrected chi connectivity index (χ2v) is 22.8. The zero-order valence-electron chi connectivity index (χ0n) is 39.6. The molecule has 0 N–H and O–H groups in total. The van der Waals surface area contributed by atoms with E-state index >= 15 is 0 Å². The molecule has 3 aliphatic heterocycles. The molecule has 0 atom stereocenters. The zero-order valence-corrected chi connectivity index (χ0v) is 39.6. The van der Waals surface area contributed by atoms with Gasteiger partial charge in [0.2, 0.25) is 0 Å². The highest BCUT2D eigenvalue weighted by Crippen LogP contribution is 2.62. The summed E-state index contributed by atoms with van der Waals surface area (Å²) in [7, 11) is 0. The molecule has 5 heterocycles. The van der Waals surface area contributed by atoms with Gasteiger partial charge in [-0.25, -0.2) is 0 Å². The quantitative estimate of drug-likeness (QED) is 0.156. The number of aromatic nitrogens is 2. The number of rotatable bonds is 4. The van der Waals surface area contributed by atoms with Crippen LogP contribution in [0.3, 0.4) is 0 Å². The Kier molecular flexibility index (Phi) is 7.40. The molecule has 11 aromatic rings. The van der Waals surface area contributed by atoms with Crippen LogP contribution in [-0.4, -0.2) is 15.8 Å². The highest BCUT2D eigenvalue weighted by molar-refractivity contribution is 7.00. The summed E-state index contributed by atoms with van der Waals surface area (Å²) in [6.45, 7) is 14.4. The molecule has 0 unspecified atom stereocenters. The van der Waals surface area contributed by atoms with Crippen molar-refractivity contribution in [3.8, 4) is 44.9 Å². The SMILES string of the molecule is CC(C)(C)Cc1cc2c3c(c1)c1cc(CC(C)(C)C)cc4c1n3-c1c(ccc3c1B2c1cc2ccccc2c2c(-c5ccccc5)c(-c5ccccc5)n-3c12)C41c2ccccc2-c2ccccc21. The van der Waals surface area contributed by atoms with E-state index in [0.717, 1.165) is 12.8 Å². The van der Waals surface area contributed by atoms with E-state index in [0.29, 0.717) is 0 Å². The topological polar surface area (TPSA) is 9.86 Å². The summed E-state index contributed by atoms with van der Waals surface area (Å²) in [5, 5.41) is 6.70. The van der Waals surface area contributed by atoms with Crippen molar-refractivity contribution in [2.75, 3.05) is 0 Å². The van der Waals surface area contributed by atoms with Gasteiger partial charge in [0.25, 0.3) is 6.71 Å². The van der Waals surface area contributed by atoms with Gasteiger partial charge in [0.1, 0.15) is 0 Å². The Labute approximate surface area is 398 Å². The maximum atomic E-state index is 2.78. The largest absolute Gasteiger partial charge is 0.310 e. The summed E-state index contributed by atoms with van der Waals surface area (Å²) in [4.78, 5) is 0. The zero-order chi connectivity index (χ0) is 45.6. The highest BCUT2D eigenvalue weighted by atomic mass is 15.1. The van der Waals surface area contributed by atoms with Crippen LogP contribution in [0.4, 0.5) is 0 Å². The van der Waals surface area contributed by atoms with Gasteiger partial charge in [0, 0.05) is 38.6 Å². The van der Waals surface area contributed by atoms with Crippen LogP contribution in [-0.2, 0) is 18.3 Å². The minimum atomic E-state index is -0.530. The monoisotopic (exact) mass is 870 g/mol. The Morgan fingerprint density at radius 3 is 1.71 bits per heavy atom. The Morgan fingerprint density at radius 2 is 1.03 bits per heavy atom. The van der Waals surface area contributed by atoms with Crippen LogP contribution < -0.4 is 16.4 Å². The number of fused-ring (bicyclic) bond motifs is 13.